The van der Waals surface area contributed by atoms with Crippen LogP contribution in [0.2, 0.25) is 0 Å². The maximum atomic E-state index is 13.0. The van der Waals surface area contributed by atoms with Crippen LogP contribution in [0.3, 0.4) is 0 Å². The summed E-state index contributed by atoms with van der Waals surface area (Å²) in [5.41, 5.74) is 5.88. The van der Waals surface area contributed by atoms with Crippen molar-refractivity contribution in [1.29, 1.82) is 0 Å². The fourth-order valence-corrected chi connectivity index (χ4v) is 3.31. The van der Waals surface area contributed by atoms with Gasteiger partial charge in [0.2, 0.25) is 23.6 Å². The second-order valence-electron chi connectivity index (χ2n) is 8.30. The maximum Gasteiger partial charge on any atom is 0.325 e. The molecule has 13 nitrogen and oxygen atoms in total. The molecule has 0 unspecified atom stereocenters. The van der Waals surface area contributed by atoms with Crippen molar-refractivity contribution in [3.05, 3.63) is 0 Å². The molecule has 0 aliphatic heterocycles. The summed E-state index contributed by atoms with van der Waals surface area (Å²) in [7, 11) is 0. The standard InChI is InChI=1S/C21H39N5O8S/c1-6-10(2)15(25-17(29)13(22)7-8-35-5)19(31)26-16(12(4)28)20(32)24-14(9-27)18(30)23-11(3)21(33)34/h10-16,27-28H,6-9,22H2,1-5H3,(H,23,30)(H,24,32)(H,25,29)(H,26,31)(H,33,34)/t10-,11-,12+,13-,14-,15-,16-/m0/s1. The highest BCUT2D eigenvalue weighted by atomic mass is 32.2. The van der Waals surface area contributed by atoms with E-state index in [1.165, 1.54) is 25.6 Å². The van der Waals surface area contributed by atoms with E-state index in [9.17, 15) is 34.2 Å². The number of carbonyl (C=O) groups is 5. The topological polar surface area (TPSA) is 220 Å². The van der Waals surface area contributed by atoms with Crippen molar-refractivity contribution < 1.29 is 39.3 Å². The van der Waals surface area contributed by atoms with E-state index in [2.05, 4.69) is 21.3 Å². The Labute approximate surface area is 209 Å². The molecule has 202 valence electrons. The molecule has 0 saturated heterocycles. The summed E-state index contributed by atoms with van der Waals surface area (Å²) in [6.45, 7) is 5.12. The Morgan fingerprint density at radius 1 is 0.886 bits per heavy atom. The highest BCUT2D eigenvalue weighted by molar-refractivity contribution is 7.98. The Bertz CT molecular complexity index is 739. The minimum atomic E-state index is -1.53. The van der Waals surface area contributed by atoms with Crippen molar-refractivity contribution >= 4 is 41.4 Å². The molecule has 0 saturated carbocycles. The van der Waals surface area contributed by atoms with Crippen LogP contribution in [0, 0.1) is 5.92 Å². The fraction of sp³-hybridized carbons (Fsp3) is 0.762. The van der Waals surface area contributed by atoms with Gasteiger partial charge in [0.05, 0.1) is 18.8 Å². The van der Waals surface area contributed by atoms with Crippen molar-refractivity contribution in [2.75, 3.05) is 18.6 Å². The van der Waals surface area contributed by atoms with E-state index >= 15 is 0 Å². The molecule has 9 N–H and O–H groups in total. The van der Waals surface area contributed by atoms with Crippen LogP contribution in [0.15, 0.2) is 0 Å². The van der Waals surface area contributed by atoms with Crippen molar-refractivity contribution in [3.63, 3.8) is 0 Å². The number of aliphatic carboxylic acids is 1. The summed E-state index contributed by atoms with van der Waals surface area (Å²) in [4.78, 5) is 61.3. The molecule has 0 aromatic carbocycles. The third-order valence-corrected chi connectivity index (χ3v) is 6.01. The number of hydrogen-bond donors (Lipinski definition) is 8. The molecule has 0 aliphatic carbocycles. The van der Waals surface area contributed by atoms with Crippen LogP contribution in [0.4, 0.5) is 0 Å². The van der Waals surface area contributed by atoms with Gasteiger partial charge in [0.1, 0.15) is 24.2 Å². The summed E-state index contributed by atoms with van der Waals surface area (Å²) < 4.78 is 0. The Balaban J connectivity index is 5.46. The lowest BCUT2D eigenvalue weighted by Crippen LogP contribution is -2.62. The molecule has 35 heavy (non-hydrogen) atoms. The molecule has 0 aliphatic rings. The second kappa shape index (κ2) is 16.3. The molecule has 0 bridgehead atoms. The Morgan fingerprint density at radius 2 is 1.43 bits per heavy atom. The normalized spacial score (nSPS) is 17.0. The summed E-state index contributed by atoms with van der Waals surface area (Å²) in [6, 6.07) is -6.20. The fourth-order valence-electron chi connectivity index (χ4n) is 2.82. The summed E-state index contributed by atoms with van der Waals surface area (Å²) in [5, 5.41) is 37.7. The van der Waals surface area contributed by atoms with E-state index in [0.29, 0.717) is 18.6 Å². The zero-order valence-electron chi connectivity index (χ0n) is 20.7. The molecule has 0 radical (unpaired) electrons. The van der Waals surface area contributed by atoms with Crippen LogP contribution in [0.5, 0.6) is 0 Å². The number of hydrogen-bond acceptors (Lipinski definition) is 9. The molecule has 0 aromatic heterocycles. The molecule has 4 amide bonds. The molecule has 7 atom stereocenters. The van der Waals surface area contributed by atoms with Gasteiger partial charge in [-0.1, -0.05) is 20.3 Å². The largest absolute Gasteiger partial charge is 0.480 e. The smallest absolute Gasteiger partial charge is 0.325 e. The molecule has 0 rings (SSSR count). The predicted octanol–water partition coefficient (Wildman–Crippen LogP) is -2.47. The van der Waals surface area contributed by atoms with Crippen LogP contribution in [0.1, 0.15) is 40.5 Å². The van der Waals surface area contributed by atoms with Gasteiger partial charge in [-0.25, -0.2) is 0 Å². The zero-order valence-corrected chi connectivity index (χ0v) is 21.6. The van der Waals surface area contributed by atoms with E-state index in [4.69, 9.17) is 10.8 Å². The summed E-state index contributed by atoms with van der Waals surface area (Å²) >= 11 is 1.52. The second-order valence-corrected chi connectivity index (χ2v) is 9.28. The average molecular weight is 522 g/mol. The van der Waals surface area contributed by atoms with E-state index < -0.39 is 72.5 Å². The highest BCUT2D eigenvalue weighted by Crippen LogP contribution is 2.10. The van der Waals surface area contributed by atoms with Gasteiger partial charge in [-0.05, 0) is 38.2 Å². The Morgan fingerprint density at radius 3 is 1.89 bits per heavy atom. The molecule has 14 heteroatoms. The van der Waals surface area contributed by atoms with Crippen LogP contribution in [-0.4, -0.2) is 99.8 Å². The minimum Gasteiger partial charge on any atom is -0.480 e. The molecule has 0 fully saturated rings. The van der Waals surface area contributed by atoms with Gasteiger partial charge in [0, 0.05) is 0 Å². The number of nitrogens with two attached hydrogens (primary N) is 1. The molecule has 0 spiro atoms. The van der Waals surface area contributed by atoms with Gasteiger partial charge in [0.25, 0.3) is 0 Å². The van der Waals surface area contributed by atoms with Crippen molar-refractivity contribution in [2.45, 2.75) is 76.8 Å². The maximum absolute atomic E-state index is 13.0. The number of aliphatic hydroxyl groups is 2. The third kappa shape index (κ3) is 11.2. The summed E-state index contributed by atoms with van der Waals surface area (Å²) in [5.74, 6) is -4.21. The predicted molar refractivity (Wildman–Crippen MR) is 130 cm³/mol. The van der Waals surface area contributed by atoms with Crippen molar-refractivity contribution in [3.8, 4) is 0 Å². The van der Waals surface area contributed by atoms with E-state index in [-0.39, 0.29) is 5.92 Å². The number of nitrogens with one attached hydrogen (secondary N) is 4. The molecular formula is C21H39N5O8S. The first kappa shape index (κ1) is 32.6. The third-order valence-electron chi connectivity index (χ3n) is 5.37. The molecular weight excluding hydrogens is 482 g/mol. The van der Waals surface area contributed by atoms with Gasteiger partial charge in [0.15, 0.2) is 0 Å². The van der Waals surface area contributed by atoms with Crippen LogP contribution in [-0.2, 0) is 24.0 Å². The zero-order chi connectivity index (χ0) is 27.3. The van der Waals surface area contributed by atoms with Crippen molar-refractivity contribution in [2.24, 2.45) is 11.7 Å². The first-order chi connectivity index (χ1) is 16.3. The Hall–Kier alpha value is -2.42. The lowest BCUT2D eigenvalue weighted by atomic mass is 9.97. The average Bonchev–Trinajstić information content (AvgIpc) is 2.80. The lowest BCUT2D eigenvalue weighted by molar-refractivity contribution is -0.142. The first-order valence-corrected chi connectivity index (χ1v) is 12.7. The minimum absolute atomic E-state index is 0.335. The number of carbonyl (C=O) groups excluding carboxylic acids is 4. The van der Waals surface area contributed by atoms with E-state index in [0.717, 1.165) is 0 Å². The number of carboxylic acids is 1. The monoisotopic (exact) mass is 521 g/mol. The summed E-state index contributed by atoms with van der Waals surface area (Å²) in [6.07, 6.45) is 1.39. The highest BCUT2D eigenvalue weighted by Gasteiger charge is 2.34. The molecule has 0 aromatic rings. The van der Waals surface area contributed by atoms with Gasteiger partial charge >= 0.3 is 5.97 Å². The number of rotatable bonds is 16. The Kier molecular flexibility index (Phi) is 15.2. The van der Waals surface area contributed by atoms with Crippen LogP contribution in [0.25, 0.3) is 0 Å². The first-order valence-electron chi connectivity index (χ1n) is 11.3. The van der Waals surface area contributed by atoms with E-state index in [1.54, 1.807) is 6.92 Å². The van der Waals surface area contributed by atoms with Gasteiger partial charge in [-0.15, -0.1) is 0 Å². The number of aliphatic hydroxyl groups excluding tert-OH is 2. The van der Waals surface area contributed by atoms with Crippen LogP contribution >= 0.6 is 11.8 Å². The molecule has 0 heterocycles. The number of carboxylic acid groups (broad SMARTS) is 1. The SMILES string of the molecule is CC[C@H](C)[C@H](NC(=O)[C@@H](N)CCSC)C(=O)N[C@H](C(=O)N[C@@H](CO)C(=O)N[C@@H](C)C(=O)O)[C@@H](C)O. The van der Waals surface area contributed by atoms with Gasteiger partial charge in [-0.3, -0.25) is 24.0 Å². The van der Waals surface area contributed by atoms with Crippen LogP contribution < -0.4 is 27.0 Å². The lowest BCUT2D eigenvalue weighted by Gasteiger charge is -2.29. The van der Waals surface area contributed by atoms with Gasteiger partial charge in [-0.2, -0.15) is 11.8 Å². The van der Waals surface area contributed by atoms with Crippen molar-refractivity contribution in [1.82, 2.24) is 21.3 Å². The van der Waals surface area contributed by atoms with E-state index in [1.807, 2.05) is 13.2 Å². The quantitative estimate of drug-likeness (QED) is 0.107. The number of thioether (sulfide) groups is 1. The number of amides is 4. The van der Waals surface area contributed by atoms with Gasteiger partial charge < -0.3 is 42.3 Å².